The highest BCUT2D eigenvalue weighted by molar-refractivity contribution is 7.12. The first-order valence-electron chi connectivity index (χ1n) is 5.17. The van der Waals surface area contributed by atoms with Crippen LogP contribution in [0.4, 0.5) is 0 Å². The first kappa shape index (κ1) is 8.54. The van der Waals surface area contributed by atoms with Gasteiger partial charge >= 0.3 is 0 Å². The standard InChI is InChI=1S/C12H15NS/c1-7-4-9-10-5-8(2)14-12(10)6-11(9)13(7)3/h4-5,9,11H,6H2,1-3H3. The van der Waals surface area contributed by atoms with Crippen LogP contribution in [-0.4, -0.2) is 18.0 Å². The van der Waals surface area contributed by atoms with Crippen LogP contribution < -0.4 is 0 Å². The number of aryl methyl sites for hydroxylation is 1. The minimum Gasteiger partial charge on any atom is -0.374 e. The van der Waals surface area contributed by atoms with E-state index in [0.717, 1.165) is 6.04 Å². The Morgan fingerprint density at radius 2 is 2.21 bits per heavy atom. The highest BCUT2D eigenvalue weighted by atomic mass is 32.1. The van der Waals surface area contributed by atoms with Gasteiger partial charge in [0.15, 0.2) is 0 Å². The van der Waals surface area contributed by atoms with Crippen molar-refractivity contribution in [3.63, 3.8) is 0 Å². The van der Waals surface area contributed by atoms with Gasteiger partial charge in [0.05, 0.1) is 0 Å². The Bertz CT molecular complexity index is 416. The third-order valence-electron chi connectivity index (χ3n) is 3.61. The molecule has 14 heavy (non-hydrogen) atoms. The van der Waals surface area contributed by atoms with E-state index in [1.807, 2.05) is 11.3 Å². The second-order valence-electron chi connectivity index (χ2n) is 4.45. The molecular formula is C12H15NS. The van der Waals surface area contributed by atoms with Gasteiger partial charge in [-0.3, -0.25) is 0 Å². The molecular weight excluding hydrogens is 190 g/mol. The zero-order valence-corrected chi connectivity index (χ0v) is 9.69. The van der Waals surface area contributed by atoms with Gasteiger partial charge in [-0.25, -0.2) is 0 Å². The molecule has 2 atom stereocenters. The van der Waals surface area contributed by atoms with E-state index in [-0.39, 0.29) is 0 Å². The first-order valence-corrected chi connectivity index (χ1v) is 5.99. The Morgan fingerprint density at radius 3 is 3.00 bits per heavy atom. The van der Waals surface area contributed by atoms with Crippen LogP contribution in [0.15, 0.2) is 17.8 Å². The minimum atomic E-state index is 0.681. The Kier molecular flexibility index (Phi) is 1.61. The van der Waals surface area contributed by atoms with Gasteiger partial charge in [0, 0.05) is 40.9 Å². The third kappa shape index (κ3) is 0.949. The van der Waals surface area contributed by atoms with Crippen molar-refractivity contribution in [3.05, 3.63) is 33.2 Å². The number of fused-ring (bicyclic) bond motifs is 3. The van der Waals surface area contributed by atoms with Crippen LogP contribution in [-0.2, 0) is 6.42 Å². The number of allylic oxidation sites excluding steroid dienone is 1. The molecule has 0 aromatic carbocycles. The van der Waals surface area contributed by atoms with Gasteiger partial charge in [-0.05, 0) is 25.5 Å². The largest absolute Gasteiger partial charge is 0.374 e. The first-order chi connectivity index (χ1) is 6.66. The number of likely N-dealkylation sites (N-methyl/N-ethyl adjacent to an activating group) is 1. The predicted molar refractivity (Wildman–Crippen MR) is 60.8 cm³/mol. The molecule has 1 aliphatic heterocycles. The fourth-order valence-electron chi connectivity index (χ4n) is 2.77. The molecule has 0 saturated carbocycles. The van der Waals surface area contributed by atoms with Crippen LogP contribution in [0.3, 0.4) is 0 Å². The summed E-state index contributed by atoms with van der Waals surface area (Å²) < 4.78 is 0. The lowest BCUT2D eigenvalue weighted by Gasteiger charge is -2.23. The quantitative estimate of drug-likeness (QED) is 0.629. The van der Waals surface area contributed by atoms with Crippen LogP contribution in [0.25, 0.3) is 0 Å². The summed E-state index contributed by atoms with van der Waals surface area (Å²) in [5.74, 6) is 0.681. The summed E-state index contributed by atoms with van der Waals surface area (Å²) in [4.78, 5) is 5.52. The molecule has 3 rings (SSSR count). The van der Waals surface area contributed by atoms with E-state index < -0.39 is 0 Å². The zero-order chi connectivity index (χ0) is 9.87. The van der Waals surface area contributed by atoms with Crippen molar-refractivity contribution in [1.82, 2.24) is 4.90 Å². The zero-order valence-electron chi connectivity index (χ0n) is 8.87. The average molecular weight is 205 g/mol. The molecule has 0 N–H and O–H groups in total. The van der Waals surface area contributed by atoms with E-state index >= 15 is 0 Å². The minimum absolute atomic E-state index is 0.681. The van der Waals surface area contributed by atoms with Gasteiger partial charge in [-0.15, -0.1) is 11.3 Å². The summed E-state index contributed by atoms with van der Waals surface area (Å²) in [6.07, 6.45) is 3.69. The molecule has 1 nitrogen and oxygen atoms in total. The topological polar surface area (TPSA) is 3.24 Å². The summed E-state index contributed by atoms with van der Waals surface area (Å²) in [7, 11) is 2.22. The van der Waals surface area contributed by atoms with Crippen molar-refractivity contribution in [1.29, 1.82) is 0 Å². The van der Waals surface area contributed by atoms with Gasteiger partial charge in [-0.2, -0.15) is 0 Å². The molecule has 0 radical (unpaired) electrons. The monoisotopic (exact) mass is 205 g/mol. The van der Waals surface area contributed by atoms with Crippen molar-refractivity contribution in [2.75, 3.05) is 7.05 Å². The van der Waals surface area contributed by atoms with Crippen LogP contribution in [0.1, 0.15) is 28.2 Å². The summed E-state index contributed by atoms with van der Waals surface area (Å²) in [5, 5.41) is 0. The molecule has 0 bridgehead atoms. The van der Waals surface area contributed by atoms with E-state index in [4.69, 9.17) is 0 Å². The second-order valence-corrected chi connectivity index (χ2v) is 5.79. The summed E-state index contributed by atoms with van der Waals surface area (Å²) in [6, 6.07) is 3.10. The maximum atomic E-state index is 2.44. The molecule has 1 aliphatic carbocycles. The number of thiophene rings is 1. The average Bonchev–Trinajstić information content (AvgIpc) is 2.69. The molecule has 74 valence electrons. The number of hydrogen-bond acceptors (Lipinski definition) is 2. The van der Waals surface area contributed by atoms with Crippen molar-refractivity contribution >= 4 is 11.3 Å². The van der Waals surface area contributed by atoms with Gasteiger partial charge in [0.2, 0.25) is 0 Å². The number of rotatable bonds is 0. The lowest BCUT2D eigenvalue weighted by molar-refractivity contribution is 0.329. The van der Waals surface area contributed by atoms with E-state index in [1.54, 1.807) is 10.4 Å². The Hall–Kier alpha value is -0.760. The van der Waals surface area contributed by atoms with Crippen molar-refractivity contribution in [2.24, 2.45) is 0 Å². The fraction of sp³-hybridized carbons (Fsp3) is 0.500. The third-order valence-corrected chi connectivity index (χ3v) is 4.70. The lowest BCUT2D eigenvalue weighted by Crippen LogP contribution is -2.27. The fourth-order valence-corrected chi connectivity index (χ4v) is 3.91. The molecule has 1 aromatic heterocycles. The van der Waals surface area contributed by atoms with Crippen molar-refractivity contribution in [2.45, 2.75) is 32.2 Å². The van der Waals surface area contributed by atoms with Crippen LogP contribution >= 0.6 is 11.3 Å². The van der Waals surface area contributed by atoms with Gasteiger partial charge < -0.3 is 4.90 Å². The number of hydrogen-bond donors (Lipinski definition) is 0. The Morgan fingerprint density at radius 1 is 1.43 bits per heavy atom. The molecule has 2 heterocycles. The van der Waals surface area contributed by atoms with Crippen molar-refractivity contribution < 1.29 is 0 Å². The normalized spacial score (nSPS) is 29.1. The summed E-state index contributed by atoms with van der Waals surface area (Å²) in [6.45, 7) is 4.43. The van der Waals surface area contributed by atoms with E-state index in [2.05, 4.69) is 37.9 Å². The summed E-state index contributed by atoms with van der Waals surface area (Å²) in [5.41, 5.74) is 3.04. The molecule has 1 aromatic rings. The molecule has 2 heteroatoms. The molecule has 0 spiro atoms. The van der Waals surface area contributed by atoms with Crippen LogP contribution in [0, 0.1) is 6.92 Å². The Balaban J connectivity index is 2.07. The smallest absolute Gasteiger partial charge is 0.0436 e. The molecule has 2 unspecified atom stereocenters. The van der Waals surface area contributed by atoms with Gasteiger partial charge in [-0.1, -0.05) is 6.08 Å². The SMILES string of the molecule is CC1=CC2c3cc(C)sc3CC2N1C. The van der Waals surface area contributed by atoms with Gasteiger partial charge in [0.25, 0.3) is 0 Å². The van der Waals surface area contributed by atoms with Crippen LogP contribution in [0.5, 0.6) is 0 Å². The van der Waals surface area contributed by atoms with E-state index in [9.17, 15) is 0 Å². The van der Waals surface area contributed by atoms with Crippen molar-refractivity contribution in [3.8, 4) is 0 Å². The molecule has 0 fully saturated rings. The Labute approximate surface area is 89.0 Å². The second kappa shape index (κ2) is 2.63. The van der Waals surface area contributed by atoms with Gasteiger partial charge in [0.1, 0.15) is 0 Å². The van der Waals surface area contributed by atoms with E-state index in [1.165, 1.54) is 17.0 Å². The molecule has 0 saturated heterocycles. The number of nitrogens with zero attached hydrogens (tertiary/aromatic N) is 1. The molecule has 2 aliphatic rings. The predicted octanol–water partition coefficient (Wildman–Crippen LogP) is 2.91. The maximum absolute atomic E-state index is 2.44. The van der Waals surface area contributed by atoms with Crippen LogP contribution in [0.2, 0.25) is 0 Å². The highest BCUT2D eigenvalue weighted by Gasteiger charge is 2.39. The lowest BCUT2D eigenvalue weighted by atomic mass is 10.0. The van der Waals surface area contributed by atoms with E-state index in [0.29, 0.717) is 5.92 Å². The summed E-state index contributed by atoms with van der Waals surface area (Å²) >= 11 is 1.98. The maximum Gasteiger partial charge on any atom is 0.0436 e. The highest BCUT2D eigenvalue weighted by Crippen LogP contribution is 2.45. The molecule has 0 amide bonds.